The van der Waals surface area contributed by atoms with E-state index in [1.807, 2.05) is 25.1 Å². The molecule has 0 radical (unpaired) electrons. The summed E-state index contributed by atoms with van der Waals surface area (Å²) < 4.78 is 5.21. The quantitative estimate of drug-likeness (QED) is 0.765. The molecule has 18 heavy (non-hydrogen) atoms. The molecular formula is C14H20N2O2. The van der Waals surface area contributed by atoms with Crippen LogP contribution in [0.2, 0.25) is 0 Å². The predicted octanol–water partition coefficient (Wildman–Crippen LogP) is 1.03. The Balaban J connectivity index is 1.95. The van der Waals surface area contributed by atoms with E-state index in [2.05, 4.69) is 16.7 Å². The topological polar surface area (TPSA) is 50.4 Å². The van der Waals surface area contributed by atoms with E-state index in [0.29, 0.717) is 26.3 Å². The summed E-state index contributed by atoms with van der Waals surface area (Å²) in [5.41, 5.74) is 2.36. The predicted molar refractivity (Wildman–Crippen MR) is 70.4 cm³/mol. The third-order valence-electron chi connectivity index (χ3n) is 3.16. The van der Waals surface area contributed by atoms with E-state index in [1.165, 1.54) is 5.56 Å². The van der Waals surface area contributed by atoms with Gasteiger partial charge in [0.05, 0.1) is 12.5 Å². The van der Waals surface area contributed by atoms with Crippen molar-refractivity contribution in [3.63, 3.8) is 0 Å². The van der Waals surface area contributed by atoms with Gasteiger partial charge in [-0.15, -0.1) is 0 Å². The molecule has 0 saturated heterocycles. The number of ether oxygens (including phenoxy) is 1. The Morgan fingerprint density at radius 2 is 2.33 bits per heavy atom. The second-order valence-electron chi connectivity index (χ2n) is 4.37. The number of hydrogen-bond donors (Lipinski definition) is 2. The molecule has 0 spiro atoms. The van der Waals surface area contributed by atoms with Crippen molar-refractivity contribution in [2.75, 3.05) is 26.3 Å². The first-order chi connectivity index (χ1) is 8.83. The molecule has 1 aliphatic rings. The zero-order valence-corrected chi connectivity index (χ0v) is 10.7. The highest BCUT2D eigenvalue weighted by Crippen LogP contribution is 2.23. The molecule has 0 aromatic heterocycles. The second-order valence-corrected chi connectivity index (χ2v) is 4.37. The van der Waals surface area contributed by atoms with Gasteiger partial charge in [-0.3, -0.25) is 4.79 Å². The van der Waals surface area contributed by atoms with Gasteiger partial charge >= 0.3 is 0 Å². The van der Waals surface area contributed by atoms with E-state index in [-0.39, 0.29) is 11.8 Å². The van der Waals surface area contributed by atoms with Gasteiger partial charge in [0, 0.05) is 26.2 Å². The van der Waals surface area contributed by atoms with Crippen molar-refractivity contribution < 1.29 is 9.53 Å². The van der Waals surface area contributed by atoms with Crippen LogP contribution in [0.1, 0.15) is 24.0 Å². The average molecular weight is 248 g/mol. The smallest absolute Gasteiger partial charge is 0.228 e. The minimum atomic E-state index is -0.0865. The Morgan fingerprint density at radius 1 is 1.50 bits per heavy atom. The van der Waals surface area contributed by atoms with E-state index in [4.69, 9.17) is 4.74 Å². The second kappa shape index (κ2) is 6.52. The number of carbonyl (C=O) groups is 1. The Bertz CT molecular complexity index is 407. The molecule has 2 N–H and O–H groups in total. The van der Waals surface area contributed by atoms with E-state index >= 15 is 0 Å². The van der Waals surface area contributed by atoms with Gasteiger partial charge < -0.3 is 15.4 Å². The van der Waals surface area contributed by atoms with Crippen LogP contribution in [0.4, 0.5) is 0 Å². The van der Waals surface area contributed by atoms with Gasteiger partial charge in [0.15, 0.2) is 0 Å². The molecule has 1 atom stereocenters. The summed E-state index contributed by atoms with van der Waals surface area (Å²) in [7, 11) is 0. The summed E-state index contributed by atoms with van der Waals surface area (Å²) in [5.74, 6) is -0.00840. The van der Waals surface area contributed by atoms with Gasteiger partial charge in [-0.25, -0.2) is 0 Å². The van der Waals surface area contributed by atoms with Crippen LogP contribution in [0.3, 0.4) is 0 Å². The number of rotatable bonds is 5. The van der Waals surface area contributed by atoms with Crippen molar-refractivity contribution in [2.45, 2.75) is 19.4 Å². The van der Waals surface area contributed by atoms with Gasteiger partial charge in [0.25, 0.3) is 0 Å². The van der Waals surface area contributed by atoms with Gasteiger partial charge in [-0.2, -0.15) is 0 Å². The van der Waals surface area contributed by atoms with Crippen LogP contribution in [-0.2, 0) is 16.1 Å². The molecule has 1 heterocycles. The molecule has 2 rings (SSSR count). The van der Waals surface area contributed by atoms with Crippen LogP contribution < -0.4 is 10.6 Å². The highest BCUT2D eigenvalue weighted by atomic mass is 16.5. The first kappa shape index (κ1) is 13.1. The van der Waals surface area contributed by atoms with Crippen molar-refractivity contribution in [3.8, 4) is 0 Å². The lowest BCUT2D eigenvalue weighted by Crippen LogP contribution is -2.39. The fourth-order valence-corrected chi connectivity index (χ4v) is 2.24. The van der Waals surface area contributed by atoms with E-state index in [9.17, 15) is 4.79 Å². The fraction of sp³-hybridized carbons (Fsp3) is 0.500. The normalized spacial score (nSPS) is 18.2. The minimum Gasteiger partial charge on any atom is -0.380 e. The molecule has 1 aromatic rings. The molecule has 1 aliphatic heterocycles. The number of hydrogen-bond acceptors (Lipinski definition) is 3. The summed E-state index contributed by atoms with van der Waals surface area (Å²) in [4.78, 5) is 12.1. The SMILES string of the molecule is CCOCCNC(=O)C1CNCc2ccccc21. The fourth-order valence-electron chi connectivity index (χ4n) is 2.24. The molecule has 1 amide bonds. The first-order valence-electron chi connectivity index (χ1n) is 6.47. The van der Waals surface area contributed by atoms with Crippen LogP contribution >= 0.6 is 0 Å². The summed E-state index contributed by atoms with van der Waals surface area (Å²) in [6, 6.07) is 8.12. The largest absolute Gasteiger partial charge is 0.380 e. The van der Waals surface area contributed by atoms with Crippen molar-refractivity contribution in [1.82, 2.24) is 10.6 Å². The van der Waals surface area contributed by atoms with Gasteiger partial charge in [0.2, 0.25) is 5.91 Å². The van der Waals surface area contributed by atoms with Crippen molar-refractivity contribution in [2.24, 2.45) is 0 Å². The maximum atomic E-state index is 12.1. The summed E-state index contributed by atoms with van der Waals surface area (Å²) >= 11 is 0. The highest BCUT2D eigenvalue weighted by Gasteiger charge is 2.25. The van der Waals surface area contributed by atoms with E-state index in [1.54, 1.807) is 0 Å². The van der Waals surface area contributed by atoms with Crippen molar-refractivity contribution in [1.29, 1.82) is 0 Å². The van der Waals surface area contributed by atoms with Gasteiger partial charge in [0.1, 0.15) is 0 Å². The van der Waals surface area contributed by atoms with Crippen LogP contribution in [0.15, 0.2) is 24.3 Å². The Labute approximate surface area is 108 Å². The first-order valence-corrected chi connectivity index (χ1v) is 6.47. The Morgan fingerprint density at radius 3 is 3.17 bits per heavy atom. The monoisotopic (exact) mass is 248 g/mol. The van der Waals surface area contributed by atoms with Crippen molar-refractivity contribution >= 4 is 5.91 Å². The maximum Gasteiger partial charge on any atom is 0.228 e. The zero-order chi connectivity index (χ0) is 12.8. The number of benzene rings is 1. The van der Waals surface area contributed by atoms with E-state index in [0.717, 1.165) is 12.1 Å². The van der Waals surface area contributed by atoms with Gasteiger partial charge in [-0.05, 0) is 18.1 Å². The molecule has 0 fully saturated rings. The molecule has 0 bridgehead atoms. The molecule has 4 nitrogen and oxygen atoms in total. The Hall–Kier alpha value is -1.39. The van der Waals surface area contributed by atoms with Crippen molar-refractivity contribution in [3.05, 3.63) is 35.4 Å². The number of nitrogens with one attached hydrogen (secondary N) is 2. The molecule has 98 valence electrons. The van der Waals surface area contributed by atoms with E-state index < -0.39 is 0 Å². The van der Waals surface area contributed by atoms with Gasteiger partial charge in [-0.1, -0.05) is 24.3 Å². The average Bonchev–Trinajstić information content (AvgIpc) is 2.43. The molecule has 1 unspecified atom stereocenters. The van der Waals surface area contributed by atoms with Crippen LogP contribution in [0, 0.1) is 0 Å². The number of amides is 1. The number of fused-ring (bicyclic) bond motifs is 1. The van der Waals surface area contributed by atoms with Crippen LogP contribution in [0.5, 0.6) is 0 Å². The van der Waals surface area contributed by atoms with Crippen LogP contribution in [-0.4, -0.2) is 32.2 Å². The molecule has 4 heteroatoms. The standard InChI is InChI=1S/C14H20N2O2/c1-2-18-8-7-16-14(17)13-10-15-9-11-5-3-4-6-12(11)13/h3-6,13,15H,2,7-10H2,1H3,(H,16,17). The third-order valence-corrected chi connectivity index (χ3v) is 3.16. The summed E-state index contributed by atoms with van der Waals surface area (Å²) in [6.45, 7) is 5.33. The highest BCUT2D eigenvalue weighted by molar-refractivity contribution is 5.84. The minimum absolute atomic E-state index is 0.0781. The molecule has 0 saturated carbocycles. The van der Waals surface area contributed by atoms with Crippen LogP contribution in [0.25, 0.3) is 0 Å². The lowest BCUT2D eigenvalue weighted by molar-refractivity contribution is -0.122. The number of carbonyl (C=O) groups excluding carboxylic acids is 1. The lowest BCUT2D eigenvalue weighted by Gasteiger charge is -2.25. The zero-order valence-electron chi connectivity index (χ0n) is 10.7. The molecule has 1 aromatic carbocycles. The Kier molecular flexibility index (Phi) is 4.73. The molecular weight excluding hydrogens is 228 g/mol. The maximum absolute atomic E-state index is 12.1. The summed E-state index contributed by atoms with van der Waals surface area (Å²) in [5, 5.41) is 6.21. The molecule has 0 aliphatic carbocycles. The lowest BCUT2D eigenvalue weighted by atomic mass is 9.90. The summed E-state index contributed by atoms with van der Waals surface area (Å²) in [6.07, 6.45) is 0. The third kappa shape index (κ3) is 3.09.